The summed E-state index contributed by atoms with van der Waals surface area (Å²) in [5, 5.41) is 3.43. The van der Waals surface area contributed by atoms with Gasteiger partial charge in [-0.15, -0.1) is 0 Å². The van der Waals surface area contributed by atoms with Gasteiger partial charge >= 0.3 is 0 Å². The smallest absolute Gasteiger partial charge is 0.124 e. The highest BCUT2D eigenvalue weighted by Gasteiger charge is 2.11. The van der Waals surface area contributed by atoms with E-state index in [1.165, 1.54) is 11.1 Å². The zero-order valence-corrected chi connectivity index (χ0v) is 13.5. The zero-order valence-electron chi connectivity index (χ0n) is 11.9. The topological polar surface area (TPSA) is 21.3 Å². The number of rotatable bonds is 6. The van der Waals surface area contributed by atoms with E-state index in [4.69, 9.17) is 4.74 Å². The van der Waals surface area contributed by atoms with Gasteiger partial charge < -0.3 is 10.1 Å². The summed E-state index contributed by atoms with van der Waals surface area (Å²) >= 11 is 3.53. The Morgan fingerprint density at radius 1 is 1.15 bits per heavy atom. The molecule has 0 aromatic heterocycles. The first-order valence-corrected chi connectivity index (χ1v) is 7.69. The van der Waals surface area contributed by atoms with Crippen LogP contribution in [-0.2, 0) is 6.61 Å². The molecule has 2 aromatic carbocycles. The van der Waals surface area contributed by atoms with Crippen LogP contribution in [0.2, 0.25) is 0 Å². The number of ether oxygens (including phenoxy) is 1. The van der Waals surface area contributed by atoms with Gasteiger partial charge in [0, 0.05) is 16.1 Å². The predicted octanol–water partition coefficient (Wildman–Crippen LogP) is 4.70. The van der Waals surface area contributed by atoms with Crippen LogP contribution < -0.4 is 10.1 Å². The molecule has 2 aromatic rings. The number of nitrogens with one attached hydrogen (secondary N) is 1. The van der Waals surface area contributed by atoms with Gasteiger partial charge in [-0.1, -0.05) is 53.2 Å². The molecule has 1 atom stereocenters. The molecule has 0 radical (unpaired) electrons. The maximum absolute atomic E-state index is 5.98. The molecule has 1 N–H and O–H groups in total. The summed E-state index contributed by atoms with van der Waals surface area (Å²) in [6.45, 7) is 5.79. The Bertz CT molecular complexity index is 542. The van der Waals surface area contributed by atoms with Crippen molar-refractivity contribution in [1.82, 2.24) is 5.32 Å². The molecule has 0 aliphatic heterocycles. The number of halogens is 1. The van der Waals surface area contributed by atoms with E-state index < -0.39 is 0 Å². The van der Waals surface area contributed by atoms with Crippen LogP contribution >= 0.6 is 15.9 Å². The maximum atomic E-state index is 5.98. The fourth-order valence-electron chi connectivity index (χ4n) is 2.14. The van der Waals surface area contributed by atoms with Crippen LogP contribution in [0.3, 0.4) is 0 Å². The highest BCUT2D eigenvalue weighted by molar-refractivity contribution is 9.10. The first-order valence-electron chi connectivity index (χ1n) is 6.90. The van der Waals surface area contributed by atoms with Crippen LogP contribution in [0.4, 0.5) is 0 Å². The number of hydrogen-bond donors (Lipinski definition) is 1. The first kappa shape index (κ1) is 15.1. The second-order valence-corrected chi connectivity index (χ2v) is 5.65. The Labute approximate surface area is 129 Å². The van der Waals surface area contributed by atoms with E-state index in [0.717, 1.165) is 16.8 Å². The average Bonchev–Trinajstić information content (AvgIpc) is 2.47. The third-order valence-electron chi connectivity index (χ3n) is 3.19. The van der Waals surface area contributed by atoms with Crippen LogP contribution in [0.25, 0.3) is 0 Å². The van der Waals surface area contributed by atoms with E-state index in [1.54, 1.807) is 0 Å². The van der Waals surface area contributed by atoms with Gasteiger partial charge in [-0.25, -0.2) is 0 Å². The lowest BCUT2D eigenvalue weighted by Crippen LogP contribution is -2.18. The quantitative estimate of drug-likeness (QED) is 0.827. The number of benzene rings is 2. The van der Waals surface area contributed by atoms with Gasteiger partial charge in [0.2, 0.25) is 0 Å². The van der Waals surface area contributed by atoms with Gasteiger partial charge in [-0.05, 0) is 37.2 Å². The van der Waals surface area contributed by atoms with Crippen molar-refractivity contribution >= 4 is 15.9 Å². The van der Waals surface area contributed by atoms with Crippen molar-refractivity contribution in [3.63, 3.8) is 0 Å². The van der Waals surface area contributed by atoms with E-state index in [1.807, 2.05) is 30.3 Å². The third-order valence-corrected chi connectivity index (χ3v) is 3.68. The normalized spacial score (nSPS) is 12.2. The lowest BCUT2D eigenvalue weighted by Gasteiger charge is -2.18. The van der Waals surface area contributed by atoms with E-state index in [9.17, 15) is 0 Å². The summed E-state index contributed by atoms with van der Waals surface area (Å²) < 4.78 is 7.06. The minimum Gasteiger partial charge on any atom is -0.489 e. The Kier molecular flexibility index (Phi) is 5.62. The first-order chi connectivity index (χ1) is 9.70. The van der Waals surface area contributed by atoms with E-state index >= 15 is 0 Å². The Morgan fingerprint density at radius 3 is 2.60 bits per heavy atom. The molecule has 2 rings (SSSR count). The van der Waals surface area contributed by atoms with E-state index in [0.29, 0.717) is 6.61 Å². The molecule has 0 aliphatic carbocycles. The summed E-state index contributed by atoms with van der Waals surface area (Å²) in [4.78, 5) is 0. The van der Waals surface area contributed by atoms with Crippen molar-refractivity contribution in [3.05, 3.63) is 64.1 Å². The molecule has 0 bridgehead atoms. The van der Waals surface area contributed by atoms with E-state index in [-0.39, 0.29) is 6.04 Å². The van der Waals surface area contributed by atoms with Gasteiger partial charge in [0.15, 0.2) is 0 Å². The average molecular weight is 334 g/mol. The van der Waals surface area contributed by atoms with Crippen LogP contribution in [0, 0.1) is 0 Å². The largest absolute Gasteiger partial charge is 0.489 e. The molecule has 1 unspecified atom stereocenters. The molecule has 0 spiro atoms. The zero-order chi connectivity index (χ0) is 14.4. The van der Waals surface area contributed by atoms with Crippen LogP contribution in [0.5, 0.6) is 5.75 Å². The summed E-state index contributed by atoms with van der Waals surface area (Å²) in [5.74, 6) is 0.936. The van der Waals surface area contributed by atoms with Crippen molar-refractivity contribution in [3.8, 4) is 5.75 Å². The highest BCUT2D eigenvalue weighted by atomic mass is 79.9. The molecular weight excluding hydrogens is 314 g/mol. The van der Waals surface area contributed by atoms with Crippen LogP contribution in [-0.4, -0.2) is 6.54 Å². The second-order valence-electron chi connectivity index (χ2n) is 4.74. The van der Waals surface area contributed by atoms with Crippen molar-refractivity contribution < 1.29 is 4.74 Å². The molecule has 3 heteroatoms. The fraction of sp³-hybridized carbons (Fsp3) is 0.294. The lowest BCUT2D eigenvalue weighted by atomic mass is 10.1. The standard InChI is InChI=1S/C17H20BrNO/c1-3-19-13(2)16-11-15(18)9-10-17(16)20-12-14-7-5-4-6-8-14/h4-11,13,19H,3,12H2,1-2H3. The van der Waals surface area contributed by atoms with Crippen molar-refractivity contribution in [2.75, 3.05) is 6.54 Å². The van der Waals surface area contributed by atoms with Gasteiger partial charge in [-0.3, -0.25) is 0 Å². The Morgan fingerprint density at radius 2 is 1.90 bits per heavy atom. The molecule has 0 fully saturated rings. The molecule has 0 heterocycles. The summed E-state index contributed by atoms with van der Waals surface area (Å²) in [5.41, 5.74) is 2.36. The van der Waals surface area contributed by atoms with Gasteiger partial charge in [0.25, 0.3) is 0 Å². The Balaban J connectivity index is 2.14. The minimum atomic E-state index is 0.267. The molecule has 0 aliphatic rings. The maximum Gasteiger partial charge on any atom is 0.124 e. The van der Waals surface area contributed by atoms with Gasteiger partial charge in [0.1, 0.15) is 12.4 Å². The fourth-order valence-corrected chi connectivity index (χ4v) is 2.52. The molecule has 2 nitrogen and oxygen atoms in total. The number of hydrogen-bond acceptors (Lipinski definition) is 2. The predicted molar refractivity (Wildman–Crippen MR) is 87.0 cm³/mol. The Hall–Kier alpha value is -1.32. The summed E-state index contributed by atoms with van der Waals surface area (Å²) in [6, 6.07) is 16.7. The molecular formula is C17H20BrNO. The van der Waals surface area contributed by atoms with Gasteiger partial charge in [-0.2, -0.15) is 0 Å². The molecule has 106 valence electrons. The third kappa shape index (κ3) is 4.09. The van der Waals surface area contributed by atoms with Crippen molar-refractivity contribution in [2.45, 2.75) is 26.5 Å². The molecule has 0 saturated carbocycles. The van der Waals surface area contributed by atoms with Crippen LogP contribution in [0.15, 0.2) is 53.0 Å². The SMILES string of the molecule is CCNC(C)c1cc(Br)ccc1OCc1ccccc1. The molecule has 0 amide bonds. The second kappa shape index (κ2) is 7.46. The summed E-state index contributed by atoms with van der Waals surface area (Å²) in [7, 11) is 0. The van der Waals surface area contributed by atoms with Gasteiger partial charge in [0.05, 0.1) is 0 Å². The van der Waals surface area contributed by atoms with Crippen LogP contribution in [0.1, 0.15) is 31.0 Å². The van der Waals surface area contributed by atoms with Crippen molar-refractivity contribution in [2.24, 2.45) is 0 Å². The van der Waals surface area contributed by atoms with Crippen molar-refractivity contribution in [1.29, 1.82) is 0 Å². The highest BCUT2D eigenvalue weighted by Crippen LogP contribution is 2.29. The molecule has 20 heavy (non-hydrogen) atoms. The summed E-state index contributed by atoms with van der Waals surface area (Å²) in [6.07, 6.45) is 0. The lowest BCUT2D eigenvalue weighted by molar-refractivity contribution is 0.300. The molecule has 0 saturated heterocycles. The monoisotopic (exact) mass is 333 g/mol. The minimum absolute atomic E-state index is 0.267. The van der Waals surface area contributed by atoms with E-state index in [2.05, 4.69) is 53.3 Å².